The topological polar surface area (TPSA) is 28.2 Å². The molecule has 2 atom stereocenters. The van der Waals surface area contributed by atoms with Gasteiger partial charge in [-0.1, -0.05) is 143 Å². The molecule has 6 rings (SSSR count). The van der Waals surface area contributed by atoms with E-state index in [2.05, 4.69) is 109 Å². The quantitative estimate of drug-likeness (QED) is 0.469. The van der Waals surface area contributed by atoms with Crippen LogP contribution >= 0.6 is 0 Å². The first-order valence-corrected chi connectivity index (χ1v) is 9.62. The summed E-state index contributed by atoms with van der Waals surface area (Å²) in [5.74, 6) is 0. The summed E-state index contributed by atoms with van der Waals surface area (Å²) >= 11 is 0. The molecule has 4 aromatic rings. The molecule has 4 heteroatoms. The molecule has 134 valence electrons. The molecular weight excluding hydrogens is 354 g/mol. The Labute approximate surface area is 201 Å². The second kappa shape index (κ2) is 7.74. The Morgan fingerprint density at radius 1 is 0.400 bits per heavy atom. The predicted molar refractivity (Wildman–Crippen MR) is 113 cm³/mol. The van der Waals surface area contributed by atoms with Crippen LogP contribution in [0.1, 0.15) is 22.3 Å². The summed E-state index contributed by atoms with van der Waals surface area (Å²) < 4.78 is 0. The first-order chi connectivity index (χ1) is 13.9. The average molecular weight is 372 g/mol. The summed E-state index contributed by atoms with van der Waals surface area (Å²) in [6, 6.07) is 38.2. The maximum atomic E-state index is 5.41. The molecule has 0 unspecified atom stereocenters. The first-order valence-electron chi connectivity index (χ1n) is 9.62. The van der Waals surface area contributed by atoms with Crippen molar-refractivity contribution in [3.05, 3.63) is 142 Å². The Hall–Kier alpha value is -2.33. The van der Waals surface area contributed by atoms with Gasteiger partial charge in [0.05, 0.1) is 0 Å². The van der Waals surface area contributed by atoms with Gasteiger partial charge in [-0.25, -0.2) is 0 Å². The van der Waals surface area contributed by atoms with Gasteiger partial charge in [0.15, 0.2) is 0 Å². The van der Waals surface area contributed by atoms with Gasteiger partial charge in [-0.3, -0.25) is 0 Å². The fourth-order valence-electron chi connectivity index (χ4n) is 5.00. The smallest absolute Gasteiger partial charge is 0.672 e. The number of rotatable bonds is 2. The molecule has 0 saturated heterocycles. The standard InChI is InChI=1S/C26H18N2.2Li/c1-3-11-19(12-4-1)25-21-15-7-9-17-23(21)28-26(25,20-13-5-2-6-14-20)22-16-8-10-18-24(22)27-25;;/h1-18H;;/q-2;2*+1/t25-,26-;;/m1../s1. The van der Waals surface area contributed by atoms with Gasteiger partial charge < -0.3 is 10.6 Å². The minimum Gasteiger partial charge on any atom is -0.672 e. The van der Waals surface area contributed by atoms with Crippen LogP contribution in [0.25, 0.3) is 10.6 Å². The number of nitrogens with zero attached hydrogens (tertiary/aromatic N) is 2. The van der Waals surface area contributed by atoms with Gasteiger partial charge in [0.2, 0.25) is 0 Å². The number of benzene rings is 4. The van der Waals surface area contributed by atoms with Gasteiger partial charge in [-0.05, 0) is 0 Å². The van der Waals surface area contributed by atoms with Crippen molar-refractivity contribution in [1.82, 2.24) is 0 Å². The zero-order valence-electron chi connectivity index (χ0n) is 17.3. The zero-order chi connectivity index (χ0) is 18.6. The summed E-state index contributed by atoms with van der Waals surface area (Å²) in [5, 5.41) is 10.8. The summed E-state index contributed by atoms with van der Waals surface area (Å²) in [6.45, 7) is 0. The molecule has 0 radical (unpaired) electrons. The van der Waals surface area contributed by atoms with Crippen molar-refractivity contribution in [2.75, 3.05) is 0 Å². The third kappa shape index (κ3) is 2.53. The maximum absolute atomic E-state index is 5.41. The molecule has 0 amide bonds. The Morgan fingerprint density at radius 3 is 1.13 bits per heavy atom. The van der Waals surface area contributed by atoms with Crippen LogP contribution in [-0.4, -0.2) is 0 Å². The summed E-state index contributed by atoms with van der Waals surface area (Å²) in [5.41, 5.74) is 5.52. The number of fused-ring (bicyclic) bond motifs is 5. The van der Waals surface area contributed by atoms with Crippen molar-refractivity contribution in [3.63, 3.8) is 0 Å². The van der Waals surface area contributed by atoms with Gasteiger partial charge in [0.1, 0.15) is 0 Å². The van der Waals surface area contributed by atoms with Gasteiger partial charge in [0, 0.05) is 0 Å². The molecule has 2 aliphatic heterocycles. The number of hydrogen-bond acceptors (Lipinski definition) is 0. The Morgan fingerprint density at radius 2 is 0.733 bits per heavy atom. The normalized spacial score (nSPS) is 22.3. The monoisotopic (exact) mass is 372 g/mol. The van der Waals surface area contributed by atoms with Crippen LogP contribution in [0.15, 0.2) is 109 Å². The van der Waals surface area contributed by atoms with Crippen molar-refractivity contribution in [3.8, 4) is 0 Å². The average Bonchev–Trinajstić information content (AvgIpc) is 3.23. The van der Waals surface area contributed by atoms with Crippen LogP contribution in [-0.2, 0) is 11.1 Å². The largest absolute Gasteiger partial charge is 1.00 e. The molecule has 0 bridgehead atoms. The molecule has 4 aromatic carbocycles. The minimum atomic E-state index is -0.601. The Balaban J connectivity index is 0.00000109. The van der Waals surface area contributed by atoms with Crippen LogP contribution in [0.2, 0.25) is 0 Å². The van der Waals surface area contributed by atoms with Crippen molar-refractivity contribution in [2.45, 2.75) is 11.1 Å². The van der Waals surface area contributed by atoms with Gasteiger partial charge in [-0.2, -0.15) is 0 Å². The van der Waals surface area contributed by atoms with Crippen molar-refractivity contribution in [1.29, 1.82) is 0 Å². The molecule has 30 heavy (non-hydrogen) atoms. The second-order valence-corrected chi connectivity index (χ2v) is 7.41. The van der Waals surface area contributed by atoms with E-state index in [0.717, 1.165) is 11.4 Å². The van der Waals surface area contributed by atoms with Gasteiger partial charge in [0.25, 0.3) is 0 Å². The SMILES string of the molecule is [Li+].[Li+].c1ccc([C@]23[N-]c4ccccc4[C@@]2(c2ccccc2)[N-]c2ccccc23)cc1. The van der Waals surface area contributed by atoms with E-state index in [0.29, 0.717) is 0 Å². The molecule has 0 aliphatic carbocycles. The summed E-state index contributed by atoms with van der Waals surface area (Å²) in [7, 11) is 0. The van der Waals surface area contributed by atoms with E-state index in [-0.39, 0.29) is 37.7 Å². The van der Waals surface area contributed by atoms with E-state index < -0.39 is 11.1 Å². The van der Waals surface area contributed by atoms with Crippen LogP contribution in [0, 0.1) is 0 Å². The van der Waals surface area contributed by atoms with Crippen LogP contribution < -0.4 is 37.7 Å². The molecule has 0 saturated carbocycles. The van der Waals surface area contributed by atoms with Gasteiger partial charge in [-0.15, -0.1) is 11.4 Å². The van der Waals surface area contributed by atoms with E-state index in [1.54, 1.807) is 0 Å². The second-order valence-electron chi connectivity index (χ2n) is 7.41. The molecule has 0 spiro atoms. The van der Waals surface area contributed by atoms with E-state index in [9.17, 15) is 0 Å². The minimum absolute atomic E-state index is 0. The molecule has 0 fully saturated rings. The zero-order valence-corrected chi connectivity index (χ0v) is 17.3. The molecule has 2 nitrogen and oxygen atoms in total. The molecule has 2 heterocycles. The number of hydrogen-bond donors (Lipinski definition) is 0. The maximum Gasteiger partial charge on any atom is 1.00 e. The van der Waals surface area contributed by atoms with E-state index in [1.807, 2.05) is 0 Å². The Bertz CT molecular complexity index is 1080. The van der Waals surface area contributed by atoms with Crippen molar-refractivity contribution in [2.24, 2.45) is 0 Å². The van der Waals surface area contributed by atoms with Crippen LogP contribution in [0.5, 0.6) is 0 Å². The number of para-hydroxylation sites is 2. The van der Waals surface area contributed by atoms with Crippen LogP contribution in [0.4, 0.5) is 11.4 Å². The molecule has 2 aliphatic rings. The predicted octanol–water partition coefficient (Wildman–Crippen LogP) is 0.920. The summed E-state index contributed by atoms with van der Waals surface area (Å²) in [6.07, 6.45) is 0. The summed E-state index contributed by atoms with van der Waals surface area (Å²) in [4.78, 5) is 0. The molecule has 0 aromatic heterocycles. The van der Waals surface area contributed by atoms with E-state index in [4.69, 9.17) is 10.6 Å². The first kappa shape index (κ1) is 20.9. The van der Waals surface area contributed by atoms with E-state index in [1.165, 1.54) is 22.3 Å². The molecular formula is C26H18Li2N2. The van der Waals surface area contributed by atoms with Crippen molar-refractivity contribution >= 4 is 11.4 Å². The third-order valence-electron chi connectivity index (χ3n) is 6.07. The van der Waals surface area contributed by atoms with E-state index >= 15 is 0 Å². The van der Waals surface area contributed by atoms with Crippen molar-refractivity contribution < 1.29 is 37.7 Å². The fourth-order valence-corrected chi connectivity index (χ4v) is 5.00. The Kier molecular flexibility index (Phi) is 5.40. The fraction of sp³-hybridized carbons (Fsp3) is 0.0769. The van der Waals surface area contributed by atoms with Gasteiger partial charge >= 0.3 is 37.7 Å². The third-order valence-corrected chi connectivity index (χ3v) is 6.07. The van der Waals surface area contributed by atoms with Crippen LogP contribution in [0.3, 0.4) is 0 Å². The molecule has 0 N–H and O–H groups in total.